The van der Waals surface area contributed by atoms with Gasteiger partial charge in [0.2, 0.25) is 11.0 Å². The van der Waals surface area contributed by atoms with Gasteiger partial charge in [0.05, 0.1) is 19.0 Å². The molecule has 32 heavy (non-hydrogen) atoms. The summed E-state index contributed by atoms with van der Waals surface area (Å²) in [5.74, 6) is -0.868. The molecule has 13 heteroatoms. The van der Waals surface area contributed by atoms with Gasteiger partial charge in [0.1, 0.15) is 12.3 Å². The minimum absolute atomic E-state index is 0.0755. The zero-order valence-corrected chi connectivity index (χ0v) is 18.6. The highest BCUT2D eigenvalue weighted by Crippen LogP contribution is 2.40. The molecule has 0 bridgehead atoms. The number of hydrogen-bond donors (Lipinski definition) is 2. The van der Waals surface area contributed by atoms with Crippen LogP contribution >= 0.6 is 23.1 Å². The van der Waals surface area contributed by atoms with Gasteiger partial charge in [0.15, 0.2) is 9.88 Å². The number of aromatic nitrogens is 2. The Labute approximate surface area is 190 Å². The minimum Gasteiger partial charge on any atom is -0.493 e. The first-order chi connectivity index (χ1) is 15.4. The number of rotatable bonds is 7. The number of thioether (sulfide) groups is 1. The number of benzene rings is 1. The quantitative estimate of drug-likeness (QED) is 0.262. The molecule has 0 saturated carbocycles. The zero-order valence-electron chi connectivity index (χ0n) is 17.0. The predicted octanol–water partition coefficient (Wildman–Crippen LogP) is 1.36. The van der Waals surface area contributed by atoms with Crippen LogP contribution in [0, 0.1) is 0 Å². The largest absolute Gasteiger partial charge is 0.493 e. The lowest BCUT2D eigenvalue weighted by atomic mass is 9.84. The Morgan fingerprint density at radius 1 is 1.34 bits per heavy atom. The fraction of sp³-hybridized carbons (Fsp3) is 0.368. The molecule has 2 aliphatic rings. The van der Waals surface area contributed by atoms with E-state index in [9.17, 15) is 19.2 Å². The average molecular weight is 478 g/mol. The number of fused-ring (bicyclic) bond motifs is 2. The van der Waals surface area contributed by atoms with Gasteiger partial charge < -0.3 is 14.8 Å². The second kappa shape index (κ2) is 9.12. The number of urea groups is 1. The zero-order chi connectivity index (χ0) is 22.7. The Kier molecular flexibility index (Phi) is 6.28. The molecule has 1 aromatic carbocycles. The maximum Gasteiger partial charge on any atom is 0.325 e. The molecule has 4 amide bonds. The first-order valence-electron chi connectivity index (χ1n) is 9.71. The van der Waals surface area contributed by atoms with E-state index in [0.29, 0.717) is 22.3 Å². The van der Waals surface area contributed by atoms with Crippen LogP contribution in [0.5, 0.6) is 5.75 Å². The first kappa shape index (κ1) is 22.0. The lowest BCUT2D eigenvalue weighted by Crippen LogP contribution is -2.48. The van der Waals surface area contributed by atoms with E-state index in [0.717, 1.165) is 28.0 Å². The Hall–Kier alpha value is -3.19. The molecule has 4 rings (SSSR count). The van der Waals surface area contributed by atoms with Gasteiger partial charge in [-0.05, 0) is 13.0 Å². The van der Waals surface area contributed by atoms with Crippen molar-refractivity contribution in [3.05, 3.63) is 29.8 Å². The number of ether oxygens (including phenoxy) is 2. The SMILES string of the molecule is CCOC(=O)CSc1nnc(NC(=O)CN2C(=O)N[C@@]3(CCOc4ccccc43)C2=O)s1. The molecular weight excluding hydrogens is 458 g/mol. The van der Waals surface area contributed by atoms with Gasteiger partial charge in [-0.1, -0.05) is 41.3 Å². The summed E-state index contributed by atoms with van der Waals surface area (Å²) >= 11 is 2.21. The lowest BCUT2D eigenvalue weighted by Gasteiger charge is -2.33. The number of anilines is 1. The number of esters is 1. The standard InChI is InChI=1S/C19H19N5O6S2/c1-2-29-14(26)10-31-18-23-22-16(32-18)20-13(25)9-24-15(27)19(21-17(24)28)7-8-30-12-6-4-3-5-11(12)19/h3-6H,2,7-10H2,1H3,(H,21,28)(H,20,22,25)/t19-/m1/s1. The Morgan fingerprint density at radius 2 is 2.16 bits per heavy atom. The molecule has 2 aromatic rings. The van der Waals surface area contributed by atoms with Crippen molar-refractivity contribution in [1.82, 2.24) is 20.4 Å². The summed E-state index contributed by atoms with van der Waals surface area (Å²) in [7, 11) is 0. The van der Waals surface area contributed by atoms with E-state index >= 15 is 0 Å². The van der Waals surface area contributed by atoms with Gasteiger partial charge >= 0.3 is 12.0 Å². The molecule has 1 atom stereocenters. The van der Waals surface area contributed by atoms with Crippen molar-refractivity contribution in [2.24, 2.45) is 0 Å². The summed E-state index contributed by atoms with van der Waals surface area (Å²) in [6.45, 7) is 1.80. The van der Waals surface area contributed by atoms with Gasteiger partial charge in [-0.3, -0.25) is 24.6 Å². The molecular formula is C19H19N5O6S2. The summed E-state index contributed by atoms with van der Waals surface area (Å²) in [6.07, 6.45) is 0.268. The van der Waals surface area contributed by atoms with Gasteiger partial charge in [0.25, 0.3) is 5.91 Å². The van der Waals surface area contributed by atoms with Crippen molar-refractivity contribution in [3.8, 4) is 5.75 Å². The first-order valence-corrected chi connectivity index (χ1v) is 11.5. The molecule has 1 aromatic heterocycles. The third kappa shape index (κ3) is 4.25. The molecule has 168 valence electrons. The van der Waals surface area contributed by atoms with Crippen LogP contribution in [-0.2, 0) is 24.7 Å². The highest BCUT2D eigenvalue weighted by molar-refractivity contribution is 8.01. The third-order valence-electron chi connectivity index (χ3n) is 4.83. The smallest absolute Gasteiger partial charge is 0.325 e. The average Bonchev–Trinajstić information content (AvgIpc) is 3.31. The van der Waals surface area contributed by atoms with Crippen molar-refractivity contribution in [1.29, 1.82) is 0 Å². The molecule has 1 spiro atoms. The van der Waals surface area contributed by atoms with E-state index in [1.165, 1.54) is 0 Å². The van der Waals surface area contributed by atoms with E-state index in [1.807, 2.05) is 0 Å². The van der Waals surface area contributed by atoms with Crippen molar-refractivity contribution in [3.63, 3.8) is 0 Å². The molecule has 11 nitrogen and oxygen atoms in total. The van der Waals surface area contributed by atoms with Crippen LogP contribution in [0.3, 0.4) is 0 Å². The monoisotopic (exact) mass is 477 g/mol. The lowest BCUT2D eigenvalue weighted by molar-refractivity contribution is -0.139. The maximum absolute atomic E-state index is 13.2. The van der Waals surface area contributed by atoms with Crippen LogP contribution in [0.25, 0.3) is 0 Å². The van der Waals surface area contributed by atoms with Crippen LogP contribution in [-0.4, -0.2) is 64.4 Å². The Morgan fingerprint density at radius 3 is 2.97 bits per heavy atom. The summed E-state index contributed by atoms with van der Waals surface area (Å²) in [6, 6.07) is 6.36. The molecule has 0 radical (unpaired) electrons. The highest BCUT2D eigenvalue weighted by Gasteiger charge is 2.55. The number of carbonyl (C=O) groups is 4. The van der Waals surface area contributed by atoms with Gasteiger partial charge in [0, 0.05) is 12.0 Å². The third-order valence-corrected chi connectivity index (χ3v) is 6.78. The number of carbonyl (C=O) groups excluding carboxylic acids is 4. The molecule has 0 aliphatic carbocycles. The minimum atomic E-state index is -1.24. The molecule has 2 aliphatic heterocycles. The fourth-order valence-corrected chi connectivity index (χ4v) is 5.03. The summed E-state index contributed by atoms with van der Waals surface area (Å²) in [5.41, 5.74) is -0.675. The summed E-state index contributed by atoms with van der Waals surface area (Å²) < 4.78 is 10.9. The maximum atomic E-state index is 13.2. The van der Waals surface area contributed by atoms with E-state index in [4.69, 9.17) is 9.47 Å². The summed E-state index contributed by atoms with van der Waals surface area (Å²) in [4.78, 5) is 50.5. The molecule has 1 fully saturated rings. The van der Waals surface area contributed by atoms with Gasteiger partial charge in [-0.15, -0.1) is 10.2 Å². The van der Waals surface area contributed by atoms with Crippen molar-refractivity contribution < 1.29 is 28.7 Å². The van der Waals surface area contributed by atoms with Crippen LogP contribution in [0.15, 0.2) is 28.6 Å². The van der Waals surface area contributed by atoms with Crippen LogP contribution in [0.1, 0.15) is 18.9 Å². The Balaban J connectivity index is 1.39. The van der Waals surface area contributed by atoms with E-state index in [1.54, 1.807) is 31.2 Å². The highest BCUT2D eigenvalue weighted by atomic mass is 32.2. The number of hydrogen-bond acceptors (Lipinski definition) is 10. The number of nitrogens with zero attached hydrogens (tertiary/aromatic N) is 3. The van der Waals surface area contributed by atoms with Gasteiger partial charge in [-0.25, -0.2) is 4.79 Å². The van der Waals surface area contributed by atoms with Crippen molar-refractivity contribution >= 4 is 52.0 Å². The molecule has 2 N–H and O–H groups in total. The van der Waals surface area contributed by atoms with E-state index in [2.05, 4.69) is 20.8 Å². The van der Waals surface area contributed by atoms with E-state index < -0.39 is 29.9 Å². The number of nitrogens with one attached hydrogen (secondary N) is 2. The van der Waals surface area contributed by atoms with Gasteiger partial charge in [-0.2, -0.15) is 0 Å². The Bertz CT molecular complexity index is 1080. The van der Waals surface area contributed by atoms with Crippen molar-refractivity contribution in [2.45, 2.75) is 23.2 Å². The second-order valence-electron chi connectivity index (χ2n) is 6.84. The van der Waals surface area contributed by atoms with Crippen molar-refractivity contribution in [2.75, 3.05) is 30.8 Å². The molecule has 3 heterocycles. The van der Waals surface area contributed by atoms with Crippen LogP contribution < -0.4 is 15.4 Å². The fourth-order valence-electron chi connectivity index (χ4n) is 3.46. The normalized spacial score (nSPS) is 19.3. The predicted molar refractivity (Wildman–Crippen MR) is 114 cm³/mol. The number of imide groups is 1. The number of amides is 4. The number of para-hydroxylation sites is 1. The molecule has 1 saturated heterocycles. The second-order valence-corrected chi connectivity index (χ2v) is 9.04. The summed E-state index contributed by atoms with van der Waals surface area (Å²) in [5, 5.41) is 13.2. The molecule has 0 unspecified atom stereocenters. The van der Waals surface area contributed by atoms with Crippen LogP contribution in [0.2, 0.25) is 0 Å². The topological polar surface area (TPSA) is 140 Å². The van der Waals surface area contributed by atoms with E-state index in [-0.39, 0.29) is 29.9 Å². The van der Waals surface area contributed by atoms with Crippen LogP contribution in [0.4, 0.5) is 9.93 Å².